The highest BCUT2D eigenvalue weighted by Gasteiger charge is 2.33. The van der Waals surface area contributed by atoms with Gasteiger partial charge in [-0.15, -0.1) is 0 Å². The van der Waals surface area contributed by atoms with Gasteiger partial charge in [0.1, 0.15) is 0 Å². The summed E-state index contributed by atoms with van der Waals surface area (Å²) in [7, 11) is 1.86. The zero-order valence-corrected chi connectivity index (χ0v) is 24.7. The molecule has 0 fully saturated rings. The van der Waals surface area contributed by atoms with Gasteiger partial charge in [-0.2, -0.15) is 0 Å². The average molecular weight is 485 g/mol. The van der Waals surface area contributed by atoms with E-state index in [-0.39, 0.29) is 0 Å². The van der Waals surface area contributed by atoms with Gasteiger partial charge in [0.05, 0.1) is 0 Å². The molecule has 0 rings (SSSR count). The van der Waals surface area contributed by atoms with Gasteiger partial charge in [0.15, 0.2) is 0 Å². The molecule has 0 aromatic rings. The van der Waals surface area contributed by atoms with Crippen LogP contribution in [0.4, 0.5) is 0 Å². The molecule has 0 radical (unpaired) electrons. The van der Waals surface area contributed by atoms with Crippen molar-refractivity contribution in [1.29, 1.82) is 0 Å². The highest BCUT2D eigenvalue weighted by molar-refractivity contribution is 6.67. The Hall–Kier alpha value is 0.137. The van der Waals surface area contributed by atoms with Crippen LogP contribution >= 0.6 is 0 Å². The molecule has 0 amide bonds. The summed E-state index contributed by atoms with van der Waals surface area (Å²) in [6.07, 6.45) is 33.9. The first-order valence-corrected chi connectivity index (χ1v) is 17.6. The molecular formula is C30H64O2Si. The third kappa shape index (κ3) is 22.4. The van der Waals surface area contributed by atoms with Crippen molar-refractivity contribution in [3.05, 3.63) is 0 Å². The summed E-state index contributed by atoms with van der Waals surface area (Å²) >= 11 is 0. The van der Waals surface area contributed by atoms with E-state index in [2.05, 4.69) is 13.8 Å². The normalized spacial score (nSPS) is 12.0. The molecule has 0 spiro atoms. The quantitative estimate of drug-likeness (QED) is 0.0811. The molecule has 33 heavy (non-hydrogen) atoms. The van der Waals surface area contributed by atoms with Gasteiger partial charge in [-0.05, 0) is 12.1 Å². The van der Waals surface area contributed by atoms with Crippen LogP contribution in [0.15, 0.2) is 0 Å². The molecule has 3 heteroatoms. The molecule has 0 atom stereocenters. The molecule has 0 N–H and O–H groups in total. The summed E-state index contributed by atoms with van der Waals surface area (Å²) in [6, 6.07) is 2.38. The number of hydrogen-bond acceptors (Lipinski definition) is 2. The summed E-state index contributed by atoms with van der Waals surface area (Å²) in [5, 5.41) is 0. The molecule has 0 aromatic heterocycles. The molecule has 0 aliphatic rings. The van der Waals surface area contributed by atoms with Crippen LogP contribution in [0.5, 0.6) is 0 Å². The third-order valence-electron chi connectivity index (χ3n) is 7.57. The van der Waals surface area contributed by atoms with E-state index < -0.39 is 8.56 Å². The Kier molecular flexibility index (Phi) is 26.8. The Bertz CT molecular complexity index is 357. The highest BCUT2D eigenvalue weighted by atomic mass is 28.4. The maximum Gasteiger partial charge on any atom is 0.337 e. The maximum absolute atomic E-state index is 5.99. The van der Waals surface area contributed by atoms with Crippen LogP contribution in [0.2, 0.25) is 12.1 Å². The topological polar surface area (TPSA) is 18.5 Å². The zero-order chi connectivity index (χ0) is 24.3. The summed E-state index contributed by atoms with van der Waals surface area (Å²) in [6.45, 7) is 4.59. The number of unbranched alkanes of at least 4 members (excludes halogenated alkanes) is 22. The van der Waals surface area contributed by atoms with Crippen molar-refractivity contribution in [3.8, 4) is 0 Å². The van der Waals surface area contributed by atoms with Crippen LogP contribution < -0.4 is 0 Å². The smallest absolute Gasteiger partial charge is 0.337 e. The zero-order valence-electron chi connectivity index (χ0n) is 23.7. The molecule has 200 valence electrons. The molecule has 0 saturated heterocycles. The van der Waals surface area contributed by atoms with Crippen molar-refractivity contribution in [2.45, 2.75) is 180 Å². The first kappa shape index (κ1) is 33.1. The van der Waals surface area contributed by atoms with Crippen LogP contribution in [0.1, 0.15) is 168 Å². The number of rotatable bonds is 28. The van der Waals surface area contributed by atoms with Crippen molar-refractivity contribution in [2.75, 3.05) is 14.2 Å². The summed E-state index contributed by atoms with van der Waals surface area (Å²) in [5.74, 6) is 0. The summed E-state index contributed by atoms with van der Waals surface area (Å²) < 4.78 is 12.0. The van der Waals surface area contributed by atoms with E-state index in [1.54, 1.807) is 0 Å². The fourth-order valence-electron chi connectivity index (χ4n) is 5.09. The van der Waals surface area contributed by atoms with Crippen LogP contribution in [0.25, 0.3) is 0 Å². The van der Waals surface area contributed by atoms with Gasteiger partial charge in [0, 0.05) is 14.2 Å². The molecule has 0 bridgehead atoms. The lowest BCUT2D eigenvalue weighted by molar-refractivity contribution is 0.238. The van der Waals surface area contributed by atoms with E-state index in [1.165, 1.54) is 166 Å². The van der Waals surface area contributed by atoms with Crippen molar-refractivity contribution in [1.82, 2.24) is 0 Å². The predicted molar refractivity (Wildman–Crippen MR) is 152 cm³/mol. The minimum Gasteiger partial charge on any atom is -0.398 e. The Morgan fingerprint density at radius 2 is 0.545 bits per heavy atom. The van der Waals surface area contributed by atoms with Crippen LogP contribution in [-0.4, -0.2) is 22.8 Å². The maximum atomic E-state index is 5.99. The number of hydrogen-bond donors (Lipinski definition) is 0. The lowest BCUT2D eigenvalue weighted by Crippen LogP contribution is -2.39. The molecule has 0 saturated carbocycles. The van der Waals surface area contributed by atoms with Gasteiger partial charge in [-0.25, -0.2) is 0 Å². The Labute approximate surface area is 211 Å². The summed E-state index contributed by atoms with van der Waals surface area (Å²) in [5.41, 5.74) is 0. The van der Waals surface area contributed by atoms with E-state index >= 15 is 0 Å². The van der Waals surface area contributed by atoms with Crippen molar-refractivity contribution < 1.29 is 8.85 Å². The predicted octanol–water partition coefficient (Wildman–Crippen LogP) is 11.1. The monoisotopic (exact) mass is 484 g/mol. The molecule has 0 unspecified atom stereocenters. The van der Waals surface area contributed by atoms with Crippen LogP contribution in [0.3, 0.4) is 0 Å². The minimum atomic E-state index is -1.93. The lowest BCUT2D eigenvalue weighted by atomic mass is 10.0. The highest BCUT2D eigenvalue weighted by Crippen LogP contribution is 2.25. The SMILES string of the molecule is CCCCCCCCCCCCCCCCCC[Si](CCCCCCCCCC)(OC)OC. The molecular weight excluding hydrogens is 420 g/mol. The second-order valence-corrected chi connectivity index (χ2v) is 14.2. The van der Waals surface area contributed by atoms with Crippen molar-refractivity contribution in [2.24, 2.45) is 0 Å². The lowest BCUT2D eigenvalue weighted by Gasteiger charge is -2.27. The van der Waals surface area contributed by atoms with Gasteiger partial charge in [-0.3, -0.25) is 0 Å². The Morgan fingerprint density at radius 3 is 0.758 bits per heavy atom. The van der Waals surface area contributed by atoms with E-state index in [9.17, 15) is 0 Å². The van der Waals surface area contributed by atoms with Gasteiger partial charge < -0.3 is 8.85 Å². The average Bonchev–Trinajstić information content (AvgIpc) is 2.84. The van der Waals surface area contributed by atoms with Crippen LogP contribution in [0, 0.1) is 0 Å². The van der Waals surface area contributed by atoms with E-state index in [0.717, 1.165) is 0 Å². The molecule has 0 aromatic carbocycles. The van der Waals surface area contributed by atoms with E-state index in [4.69, 9.17) is 8.85 Å². The fourth-order valence-corrected chi connectivity index (χ4v) is 7.90. The van der Waals surface area contributed by atoms with Gasteiger partial charge >= 0.3 is 8.56 Å². The summed E-state index contributed by atoms with van der Waals surface area (Å²) in [4.78, 5) is 0. The van der Waals surface area contributed by atoms with Gasteiger partial charge in [-0.1, -0.05) is 168 Å². The van der Waals surface area contributed by atoms with Gasteiger partial charge in [0.25, 0.3) is 0 Å². The second kappa shape index (κ2) is 26.7. The van der Waals surface area contributed by atoms with Crippen molar-refractivity contribution in [3.63, 3.8) is 0 Å². The van der Waals surface area contributed by atoms with Crippen molar-refractivity contribution >= 4 is 8.56 Å². The third-order valence-corrected chi connectivity index (χ3v) is 11.3. The molecule has 2 nitrogen and oxygen atoms in total. The molecule has 0 aliphatic heterocycles. The molecule has 0 aliphatic carbocycles. The van der Waals surface area contributed by atoms with E-state index in [0.29, 0.717) is 0 Å². The largest absolute Gasteiger partial charge is 0.398 e. The fraction of sp³-hybridized carbons (Fsp3) is 1.00. The minimum absolute atomic E-state index is 1.19. The Balaban J connectivity index is 3.52. The first-order chi connectivity index (χ1) is 16.2. The van der Waals surface area contributed by atoms with Crippen LogP contribution in [-0.2, 0) is 8.85 Å². The standard InChI is InChI=1S/C30H64O2Si/c1-5-7-9-11-13-15-16-17-18-19-20-21-22-24-26-28-30-33(31-3,32-4)29-27-25-23-14-12-10-8-6-2/h5-30H2,1-4H3. The second-order valence-electron chi connectivity index (χ2n) is 10.6. The first-order valence-electron chi connectivity index (χ1n) is 15.3. The molecule has 0 heterocycles. The van der Waals surface area contributed by atoms with E-state index in [1.807, 2.05) is 14.2 Å². The van der Waals surface area contributed by atoms with Gasteiger partial charge in [0.2, 0.25) is 0 Å². The Morgan fingerprint density at radius 1 is 0.333 bits per heavy atom.